The minimum Gasteiger partial charge on any atom is -0.367 e. The highest BCUT2D eigenvalue weighted by Gasteiger charge is 2.59. The van der Waals surface area contributed by atoms with Gasteiger partial charge in [0.2, 0.25) is 0 Å². The molecule has 1 aliphatic heterocycles. The highest BCUT2D eigenvalue weighted by molar-refractivity contribution is 5.69. The molecule has 2 rings (SSSR count). The van der Waals surface area contributed by atoms with Crippen molar-refractivity contribution >= 4 is 11.7 Å². The monoisotopic (exact) mass is 444 g/mol. The highest BCUT2D eigenvalue weighted by atomic mass is 17.1. The number of rotatable bonds is 11. The lowest BCUT2D eigenvalue weighted by atomic mass is 9.58. The Morgan fingerprint density at radius 1 is 1.06 bits per heavy atom. The van der Waals surface area contributed by atoms with Crippen molar-refractivity contribution in [2.45, 2.75) is 90.8 Å². The maximum absolute atomic E-state index is 11.9. The molecule has 0 spiro atoms. The number of para-hydroxylation sites is 1. The first kappa shape index (κ1) is 26.4. The van der Waals surface area contributed by atoms with Crippen LogP contribution in [0.4, 0.5) is 5.69 Å². The predicted octanol–water partition coefficient (Wildman–Crippen LogP) is 6.16. The number of hydrogen-bond donors (Lipinski definition) is 1. The molecule has 5 heteroatoms. The fourth-order valence-electron chi connectivity index (χ4n) is 6.91. The number of hydrogen-bond acceptors (Lipinski definition) is 5. The number of likely N-dealkylation sites (tertiary alicyclic amines) is 1. The molecule has 1 fully saturated rings. The zero-order valence-corrected chi connectivity index (χ0v) is 21.0. The van der Waals surface area contributed by atoms with Gasteiger partial charge >= 0.3 is 5.97 Å². The Bertz CT molecular complexity index is 702. The van der Waals surface area contributed by atoms with Crippen molar-refractivity contribution in [2.75, 3.05) is 18.0 Å². The largest absolute Gasteiger partial charge is 0.367 e. The van der Waals surface area contributed by atoms with Crippen molar-refractivity contribution < 1.29 is 14.9 Å². The van der Waals surface area contributed by atoms with Gasteiger partial charge in [0.05, 0.1) is 6.42 Å². The van der Waals surface area contributed by atoms with E-state index in [0.29, 0.717) is 18.4 Å². The topological polar surface area (TPSA) is 53.0 Å². The molecular formula is C27H44N2O3. The molecule has 1 aromatic carbocycles. The zero-order chi connectivity index (χ0) is 23.9. The van der Waals surface area contributed by atoms with Crippen LogP contribution in [-0.4, -0.2) is 46.3 Å². The standard InChI is InChI=1S/C27H44N2O3/c1-8-19-29-26(9-2,10-3)21(6)25(22(7)27(29,11-4)12-5)28(20-18-24(30)32-31)23-16-14-13-15-17-23/h8,13-17,21-22,25,31H,1,9-12,18-20H2,2-7H3. The molecule has 0 saturated carbocycles. The van der Waals surface area contributed by atoms with Gasteiger partial charge in [-0.3, -0.25) is 4.90 Å². The number of carbonyl (C=O) groups excluding carboxylic acids is 1. The summed E-state index contributed by atoms with van der Waals surface area (Å²) in [6.45, 7) is 19.5. The molecule has 0 bridgehead atoms. The zero-order valence-electron chi connectivity index (χ0n) is 21.0. The average Bonchev–Trinajstić information content (AvgIpc) is 2.83. The van der Waals surface area contributed by atoms with Gasteiger partial charge in [-0.1, -0.05) is 65.8 Å². The summed E-state index contributed by atoms with van der Waals surface area (Å²) in [5, 5.41) is 8.86. The summed E-state index contributed by atoms with van der Waals surface area (Å²) in [5.74, 6) is 0.137. The molecule has 1 aromatic rings. The van der Waals surface area contributed by atoms with Gasteiger partial charge in [0.15, 0.2) is 0 Å². The Kier molecular flexibility index (Phi) is 9.35. The van der Waals surface area contributed by atoms with E-state index in [1.54, 1.807) is 0 Å². The molecule has 0 aromatic heterocycles. The van der Waals surface area contributed by atoms with Gasteiger partial charge < -0.3 is 9.79 Å². The first-order valence-electron chi connectivity index (χ1n) is 12.4. The van der Waals surface area contributed by atoms with Gasteiger partial charge in [0.1, 0.15) is 0 Å². The van der Waals surface area contributed by atoms with Crippen LogP contribution in [0, 0.1) is 11.8 Å². The Morgan fingerprint density at radius 2 is 1.56 bits per heavy atom. The van der Waals surface area contributed by atoms with Crippen molar-refractivity contribution in [3.05, 3.63) is 43.0 Å². The molecule has 0 radical (unpaired) electrons. The maximum Gasteiger partial charge on any atom is 0.343 e. The number of carbonyl (C=O) groups is 1. The van der Waals surface area contributed by atoms with Gasteiger partial charge in [0.25, 0.3) is 0 Å². The third-order valence-corrected chi connectivity index (χ3v) is 8.66. The summed E-state index contributed by atoms with van der Waals surface area (Å²) in [5.41, 5.74) is 1.17. The third-order valence-electron chi connectivity index (χ3n) is 8.66. The SMILES string of the molecule is C=CCN1C(CC)(CC)C(C)C(N(CCC(=O)OO)c2ccccc2)C(C)C1(CC)CC. The summed E-state index contributed by atoms with van der Waals surface area (Å²) in [7, 11) is 0. The highest BCUT2D eigenvalue weighted by Crippen LogP contribution is 2.53. The molecule has 1 N–H and O–H groups in total. The maximum atomic E-state index is 11.9. The van der Waals surface area contributed by atoms with E-state index in [1.807, 2.05) is 6.07 Å². The number of piperidine rings is 1. The summed E-state index contributed by atoms with van der Waals surface area (Å²) in [4.78, 5) is 21.1. The molecule has 5 nitrogen and oxygen atoms in total. The molecule has 0 amide bonds. The van der Waals surface area contributed by atoms with Crippen LogP contribution in [0.15, 0.2) is 43.0 Å². The molecule has 1 heterocycles. The van der Waals surface area contributed by atoms with Gasteiger partial charge in [-0.2, -0.15) is 5.26 Å². The Morgan fingerprint density at radius 3 is 1.97 bits per heavy atom. The van der Waals surface area contributed by atoms with E-state index >= 15 is 0 Å². The summed E-state index contributed by atoms with van der Waals surface area (Å²) >= 11 is 0. The number of nitrogens with zero attached hydrogens (tertiary/aromatic N) is 2. The van der Waals surface area contributed by atoms with Crippen LogP contribution in [-0.2, 0) is 9.68 Å². The van der Waals surface area contributed by atoms with Crippen molar-refractivity contribution in [1.29, 1.82) is 0 Å². The van der Waals surface area contributed by atoms with Crippen molar-refractivity contribution in [2.24, 2.45) is 11.8 Å². The van der Waals surface area contributed by atoms with Crippen molar-refractivity contribution in [1.82, 2.24) is 4.90 Å². The van der Waals surface area contributed by atoms with E-state index in [9.17, 15) is 4.79 Å². The first-order chi connectivity index (χ1) is 15.3. The van der Waals surface area contributed by atoms with E-state index in [2.05, 4.69) is 93.2 Å². The lowest BCUT2D eigenvalue weighted by molar-refractivity contribution is -0.234. The molecular weight excluding hydrogens is 400 g/mol. The minimum atomic E-state index is -0.593. The van der Waals surface area contributed by atoms with Gasteiger partial charge in [-0.05, 0) is 49.7 Å². The molecule has 1 aliphatic rings. The predicted molar refractivity (Wildman–Crippen MR) is 133 cm³/mol. The second-order valence-corrected chi connectivity index (χ2v) is 9.33. The fourth-order valence-corrected chi connectivity index (χ4v) is 6.91. The second kappa shape index (κ2) is 11.3. The van der Waals surface area contributed by atoms with Crippen LogP contribution in [0.3, 0.4) is 0 Å². The molecule has 2 unspecified atom stereocenters. The van der Waals surface area contributed by atoms with Gasteiger partial charge in [0, 0.05) is 35.9 Å². The van der Waals surface area contributed by atoms with Crippen LogP contribution in [0.25, 0.3) is 0 Å². The smallest absolute Gasteiger partial charge is 0.343 e. The van der Waals surface area contributed by atoms with Gasteiger partial charge in [-0.15, -0.1) is 6.58 Å². The summed E-state index contributed by atoms with van der Waals surface area (Å²) in [6, 6.07) is 10.6. The third kappa shape index (κ3) is 4.47. The van der Waals surface area contributed by atoms with Crippen LogP contribution in [0.2, 0.25) is 0 Å². The van der Waals surface area contributed by atoms with Crippen LogP contribution >= 0.6 is 0 Å². The lowest BCUT2D eigenvalue weighted by Gasteiger charge is -2.67. The quantitative estimate of drug-likeness (QED) is 0.252. The fraction of sp³-hybridized carbons (Fsp3) is 0.667. The Hall–Kier alpha value is -1.85. The van der Waals surface area contributed by atoms with Gasteiger partial charge in [-0.25, -0.2) is 4.79 Å². The van der Waals surface area contributed by atoms with E-state index in [-0.39, 0.29) is 23.5 Å². The normalized spacial score (nSPS) is 24.7. The van der Waals surface area contributed by atoms with E-state index in [0.717, 1.165) is 37.9 Å². The van der Waals surface area contributed by atoms with E-state index in [4.69, 9.17) is 5.26 Å². The Balaban J connectivity index is 2.68. The molecule has 0 aliphatic carbocycles. The average molecular weight is 445 g/mol. The number of benzene rings is 1. The summed E-state index contributed by atoms with van der Waals surface area (Å²) < 4.78 is 0. The summed E-state index contributed by atoms with van der Waals surface area (Å²) in [6.07, 6.45) is 6.45. The second-order valence-electron chi connectivity index (χ2n) is 9.33. The lowest BCUT2D eigenvalue weighted by Crippen LogP contribution is -2.75. The van der Waals surface area contributed by atoms with E-state index < -0.39 is 5.97 Å². The number of anilines is 1. The molecule has 32 heavy (non-hydrogen) atoms. The Labute approximate surface area is 195 Å². The molecule has 180 valence electrons. The van der Waals surface area contributed by atoms with Crippen molar-refractivity contribution in [3.63, 3.8) is 0 Å². The minimum absolute atomic E-state index is 0.0297. The van der Waals surface area contributed by atoms with Crippen molar-refractivity contribution in [3.8, 4) is 0 Å². The molecule has 2 atom stereocenters. The van der Waals surface area contributed by atoms with Crippen LogP contribution in [0.5, 0.6) is 0 Å². The first-order valence-corrected chi connectivity index (χ1v) is 12.4. The van der Waals surface area contributed by atoms with E-state index in [1.165, 1.54) is 0 Å². The molecule has 1 saturated heterocycles. The van der Waals surface area contributed by atoms with Crippen LogP contribution < -0.4 is 4.90 Å². The van der Waals surface area contributed by atoms with Crippen LogP contribution in [0.1, 0.15) is 73.6 Å².